The number of rotatable bonds is 4. The molecular weight excluding hydrogens is 264 g/mol. The summed E-state index contributed by atoms with van der Waals surface area (Å²) >= 11 is 0. The van der Waals surface area contributed by atoms with Crippen molar-refractivity contribution in [2.75, 3.05) is 39.5 Å². The van der Waals surface area contributed by atoms with Gasteiger partial charge in [0.25, 0.3) is 0 Å². The third kappa shape index (κ3) is 3.79. The van der Waals surface area contributed by atoms with E-state index in [1.54, 1.807) is 0 Å². The Morgan fingerprint density at radius 1 is 1.19 bits per heavy atom. The lowest BCUT2D eigenvalue weighted by atomic mass is 9.87. The number of nitrogens with one attached hydrogen (secondary N) is 1. The molecule has 3 heterocycles. The third-order valence-corrected chi connectivity index (χ3v) is 5.59. The van der Waals surface area contributed by atoms with Crippen LogP contribution in [-0.2, 0) is 9.47 Å². The summed E-state index contributed by atoms with van der Waals surface area (Å²) in [6.07, 6.45) is 6.10. The van der Waals surface area contributed by atoms with Gasteiger partial charge in [-0.3, -0.25) is 4.90 Å². The molecule has 0 radical (unpaired) electrons. The maximum absolute atomic E-state index is 6.11. The second-order valence-corrected chi connectivity index (χ2v) is 7.46. The average Bonchev–Trinajstić information content (AvgIpc) is 2.93. The van der Waals surface area contributed by atoms with Crippen molar-refractivity contribution in [2.45, 2.75) is 63.6 Å². The van der Waals surface area contributed by atoms with Gasteiger partial charge in [0, 0.05) is 38.3 Å². The molecule has 3 saturated heterocycles. The van der Waals surface area contributed by atoms with Crippen LogP contribution in [0.15, 0.2) is 0 Å². The Labute approximate surface area is 129 Å². The summed E-state index contributed by atoms with van der Waals surface area (Å²) in [5.41, 5.74) is 0.0319. The normalized spacial score (nSPS) is 35.1. The topological polar surface area (TPSA) is 33.7 Å². The van der Waals surface area contributed by atoms with Gasteiger partial charge in [0.05, 0.1) is 12.2 Å². The minimum atomic E-state index is 0.0319. The van der Waals surface area contributed by atoms with E-state index in [2.05, 4.69) is 24.1 Å². The zero-order valence-corrected chi connectivity index (χ0v) is 13.8. The van der Waals surface area contributed by atoms with Crippen molar-refractivity contribution in [1.29, 1.82) is 0 Å². The highest BCUT2D eigenvalue weighted by Crippen LogP contribution is 2.35. The van der Waals surface area contributed by atoms with Crippen LogP contribution in [0.1, 0.15) is 46.0 Å². The molecule has 0 amide bonds. The van der Waals surface area contributed by atoms with Crippen LogP contribution in [0.2, 0.25) is 0 Å². The first kappa shape index (κ1) is 15.7. The molecular formula is C17H32N2O2. The Bertz CT molecular complexity index is 323. The van der Waals surface area contributed by atoms with Crippen LogP contribution in [0.5, 0.6) is 0 Å². The highest BCUT2D eigenvalue weighted by molar-refractivity contribution is 4.94. The van der Waals surface area contributed by atoms with E-state index < -0.39 is 0 Å². The van der Waals surface area contributed by atoms with Gasteiger partial charge >= 0.3 is 0 Å². The quantitative estimate of drug-likeness (QED) is 0.861. The van der Waals surface area contributed by atoms with Gasteiger partial charge in [0.1, 0.15) is 0 Å². The number of ether oxygens (including phenoxy) is 2. The molecule has 0 bridgehead atoms. The van der Waals surface area contributed by atoms with Crippen LogP contribution in [0.4, 0.5) is 0 Å². The van der Waals surface area contributed by atoms with Crippen molar-refractivity contribution in [3.63, 3.8) is 0 Å². The summed E-state index contributed by atoms with van der Waals surface area (Å²) in [4.78, 5) is 2.76. The molecule has 0 aliphatic carbocycles. The smallest absolute Gasteiger partial charge is 0.0951 e. The molecule has 2 atom stereocenters. The molecule has 2 unspecified atom stereocenters. The molecule has 1 spiro atoms. The lowest BCUT2D eigenvalue weighted by molar-refractivity contribution is -0.111. The van der Waals surface area contributed by atoms with Crippen molar-refractivity contribution in [3.8, 4) is 0 Å². The van der Waals surface area contributed by atoms with E-state index in [1.165, 1.54) is 38.9 Å². The molecule has 4 nitrogen and oxygen atoms in total. The minimum Gasteiger partial charge on any atom is -0.378 e. The fraction of sp³-hybridized carbons (Fsp3) is 1.00. The van der Waals surface area contributed by atoms with E-state index in [1.807, 2.05) is 0 Å². The van der Waals surface area contributed by atoms with E-state index in [0.29, 0.717) is 12.1 Å². The summed E-state index contributed by atoms with van der Waals surface area (Å²) in [6.45, 7) is 11.0. The summed E-state index contributed by atoms with van der Waals surface area (Å²) in [5.74, 6) is 0.868. The molecule has 3 aliphatic rings. The number of piperidine rings is 1. The standard InChI is InChI=1S/C17H32N2O2/c1-14(2)19(12-15-3-7-18-8-4-15)16-5-9-21-17(11-16)6-10-20-13-17/h14-16,18H,3-13H2,1-2H3. The van der Waals surface area contributed by atoms with Crippen molar-refractivity contribution < 1.29 is 9.47 Å². The molecule has 122 valence electrons. The second kappa shape index (κ2) is 6.95. The molecule has 3 rings (SSSR count). The van der Waals surface area contributed by atoms with Crippen LogP contribution in [0.3, 0.4) is 0 Å². The van der Waals surface area contributed by atoms with Gasteiger partial charge < -0.3 is 14.8 Å². The van der Waals surface area contributed by atoms with Gasteiger partial charge in [-0.05, 0) is 58.5 Å². The van der Waals surface area contributed by atoms with Crippen LogP contribution < -0.4 is 5.32 Å². The Morgan fingerprint density at radius 2 is 2.00 bits per heavy atom. The molecule has 1 N–H and O–H groups in total. The first-order valence-electron chi connectivity index (χ1n) is 8.87. The zero-order valence-electron chi connectivity index (χ0n) is 13.8. The second-order valence-electron chi connectivity index (χ2n) is 7.46. The van der Waals surface area contributed by atoms with Gasteiger partial charge in [-0.25, -0.2) is 0 Å². The molecule has 0 aromatic carbocycles. The van der Waals surface area contributed by atoms with Crippen LogP contribution in [0.25, 0.3) is 0 Å². The largest absolute Gasteiger partial charge is 0.378 e. The number of hydrogen-bond acceptors (Lipinski definition) is 4. The third-order valence-electron chi connectivity index (χ3n) is 5.59. The molecule has 3 aliphatic heterocycles. The summed E-state index contributed by atoms with van der Waals surface area (Å²) in [7, 11) is 0. The molecule has 3 fully saturated rings. The van der Waals surface area contributed by atoms with E-state index in [4.69, 9.17) is 9.47 Å². The summed E-state index contributed by atoms with van der Waals surface area (Å²) < 4.78 is 11.7. The first-order chi connectivity index (χ1) is 10.2. The predicted octanol–water partition coefficient (Wildman–Crippen LogP) is 2.03. The monoisotopic (exact) mass is 296 g/mol. The van der Waals surface area contributed by atoms with Crippen LogP contribution >= 0.6 is 0 Å². The maximum atomic E-state index is 6.11. The highest BCUT2D eigenvalue weighted by atomic mass is 16.6. The number of hydrogen-bond donors (Lipinski definition) is 1. The van der Waals surface area contributed by atoms with Crippen molar-refractivity contribution >= 4 is 0 Å². The number of nitrogens with zero attached hydrogens (tertiary/aromatic N) is 1. The molecule has 0 saturated carbocycles. The lowest BCUT2D eigenvalue weighted by Crippen LogP contribution is -2.52. The lowest BCUT2D eigenvalue weighted by Gasteiger charge is -2.45. The molecule has 0 aromatic heterocycles. The van der Waals surface area contributed by atoms with Gasteiger partial charge in [-0.2, -0.15) is 0 Å². The average molecular weight is 296 g/mol. The highest BCUT2D eigenvalue weighted by Gasteiger charge is 2.43. The van der Waals surface area contributed by atoms with Gasteiger partial charge in [-0.15, -0.1) is 0 Å². The van der Waals surface area contributed by atoms with Gasteiger partial charge in [0.2, 0.25) is 0 Å². The Kier molecular flexibility index (Phi) is 5.20. The fourth-order valence-electron chi connectivity index (χ4n) is 4.29. The van der Waals surface area contributed by atoms with E-state index in [9.17, 15) is 0 Å². The van der Waals surface area contributed by atoms with Gasteiger partial charge in [0.15, 0.2) is 0 Å². The molecule has 0 aromatic rings. The Hall–Kier alpha value is -0.160. The minimum absolute atomic E-state index is 0.0319. The summed E-state index contributed by atoms with van der Waals surface area (Å²) in [5, 5.41) is 3.48. The van der Waals surface area contributed by atoms with Crippen molar-refractivity contribution in [2.24, 2.45) is 5.92 Å². The molecule has 21 heavy (non-hydrogen) atoms. The Morgan fingerprint density at radius 3 is 2.67 bits per heavy atom. The predicted molar refractivity (Wildman–Crippen MR) is 84.6 cm³/mol. The van der Waals surface area contributed by atoms with Crippen LogP contribution in [0, 0.1) is 5.92 Å². The maximum Gasteiger partial charge on any atom is 0.0951 e. The van der Waals surface area contributed by atoms with Crippen molar-refractivity contribution in [1.82, 2.24) is 10.2 Å². The summed E-state index contributed by atoms with van der Waals surface area (Å²) in [6, 6.07) is 1.30. The fourth-order valence-corrected chi connectivity index (χ4v) is 4.29. The van der Waals surface area contributed by atoms with E-state index in [-0.39, 0.29) is 5.60 Å². The van der Waals surface area contributed by atoms with Gasteiger partial charge in [-0.1, -0.05) is 0 Å². The van der Waals surface area contributed by atoms with E-state index >= 15 is 0 Å². The van der Waals surface area contributed by atoms with E-state index in [0.717, 1.165) is 38.6 Å². The Balaban J connectivity index is 1.62. The SMILES string of the molecule is CC(C)N(CC1CCNCC1)C1CCOC2(CCOC2)C1. The van der Waals surface area contributed by atoms with Crippen molar-refractivity contribution in [3.05, 3.63) is 0 Å². The molecule has 4 heteroatoms. The first-order valence-corrected chi connectivity index (χ1v) is 8.87. The van der Waals surface area contributed by atoms with Crippen LogP contribution in [-0.4, -0.2) is 62.0 Å². The zero-order chi connectivity index (χ0) is 14.7.